The van der Waals surface area contributed by atoms with Gasteiger partial charge in [0.2, 0.25) is 0 Å². The second kappa shape index (κ2) is 5.89. The highest BCUT2D eigenvalue weighted by molar-refractivity contribution is 9.10. The Hall–Kier alpha value is -1.46. The van der Waals surface area contributed by atoms with Crippen molar-refractivity contribution in [2.75, 3.05) is 13.2 Å². The maximum absolute atomic E-state index is 6.05. The monoisotopic (exact) mass is 337 g/mol. The van der Waals surface area contributed by atoms with Gasteiger partial charge in [0.05, 0.1) is 0 Å². The van der Waals surface area contributed by atoms with Crippen LogP contribution in [-0.4, -0.2) is 19.3 Å². The second-order valence-corrected chi connectivity index (χ2v) is 5.37. The first-order chi connectivity index (χ1) is 9.78. The van der Waals surface area contributed by atoms with Gasteiger partial charge >= 0.3 is 0 Å². The normalized spacial score (nSPS) is 18.8. The first kappa shape index (κ1) is 13.5. The number of likely N-dealkylation sites (N-methyl/N-ethyl adjacent to an activating group) is 1. The molecule has 2 heterocycles. The molecular formula is C15H16BrNO3. The van der Waals surface area contributed by atoms with Gasteiger partial charge in [0.25, 0.3) is 0 Å². The summed E-state index contributed by atoms with van der Waals surface area (Å²) in [7, 11) is 0. The minimum Gasteiger partial charge on any atom is -0.486 e. The summed E-state index contributed by atoms with van der Waals surface area (Å²) in [6.07, 6.45) is -0.122. The highest BCUT2D eigenvalue weighted by Gasteiger charge is 2.31. The molecule has 0 bridgehead atoms. The summed E-state index contributed by atoms with van der Waals surface area (Å²) in [5.74, 6) is 2.41. The molecule has 0 amide bonds. The predicted molar refractivity (Wildman–Crippen MR) is 79.2 cm³/mol. The Morgan fingerprint density at radius 2 is 2.05 bits per heavy atom. The third-order valence-corrected chi connectivity index (χ3v) is 3.65. The summed E-state index contributed by atoms with van der Waals surface area (Å²) < 4.78 is 18.2. The molecule has 1 N–H and O–H groups in total. The molecule has 1 aliphatic heterocycles. The maximum Gasteiger partial charge on any atom is 0.169 e. The minimum absolute atomic E-state index is 0.0420. The van der Waals surface area contributed by atoms with E-state index in [0.717, 1.165) is 23.8 Å². The molecule has 1 aromatic carbocycles. The first-order valence-electron chi connectivity index (χ1n) is 6.65. The van der Waals surface area contributed by atoms with Gasteiger partial charge in [0, 0.05) is 0 Å². The number of para-hydroxylation sites is 2. The molecular weight excluding hydrogens is 322 g/mol. The molecule has 0 saturated carbocycles. The van der Waals surface area contributed by atoms with Crippen molar-refractivity contribution in [1.29, 1.82) is 0 Å². The fourth-order valence-corrected chi connectivity index (χ4v) is 2.65. The first-order valence-corrected chi connectivity index (χ1v) is 7.44. The van der Waals surface area contributed by atoms with Crippen molar-refractivity contribution in [2.45, 2.75) is 19.1 Å². The molecule has 1 aliphatic rings. The molecule has 2 atom stereocenters. The lowest BCUT2D eigenvalue weighted by atomic mass is 10.1. The van der Waals surface area contributed by atoms with E-state index in [1.165, 1.54) is 0 Å². The molecule has 5 heteroatoms. The number of furan rings is 1. The lowest BCUT2D eigenvalue weighted by Crippen LogP contribution is -2.41. The summed E-state index contributed by atoms with van der Waals surface area (Å²) in [6.45, 7) is 3.38. The van der Waals surface area contributed by atoms with Crippen molar-refractivity contribution in [2.24, 2.45) is 0 Å². The van der Waals surface area contributed by atoms with Crippen LogP contribution in [0.5, 0.6) is 11.5 Å². The Morgan fingerprint density at radius 3 is 2.75 bits per heavy atom. The van der Waals surface area contributed by atoms with Crippen LogP contribution < -0.4 is 14.8 Å². The number of hydrogen-bond acceptors (Lipinski definition) is 4. The van der Waals surface area contributed by atoms with Crippen molar-refractivity contribution in [3.63, 3.8) is 0 Å². The van der Waals surface area contributed by atoms with Crippen LogP contribution in [0.4, 0.5) is 0 Å². The van der Waals surface area contributed by atoms with Crippen molar-refractivity contribution in [1.82, 2.24) is 5.32 Å². The van der Waals surface area contributed by atoms with Crippen LogP contribution in [0.2, 0.25) is 0 Å². The van der Waals surface area contributed by atoms with Crippen LogP contribution in [0, 0.1) is 0 Å². The van der Waals surface area contributed by atoms with Gasteiger partial charge < -0.3 is 19.2 Å². The third kappa shape index (κ3) is 2.69. The smallest absolute Gasteiger partial charge is 0.169 e. The number of benzene rings is 1. The van der Waals surface area contributed by atoms with Gasteiger partial charge in [-0.25, -0.2) is 0 Å². The zero-order valence-corrected chi connectivity index (χ0v) is 12.7. The van der Waals surface area contributed by atoms with Crippen molar-refractivity contribution in [3.8, 4) is 11.5 Å². The van der Waals surface area contributed by atoms with Crippen LogP contribution in [0.3, 0.4) is 0 Å². The zero-order chi connectivity index (χ0) is 13.9. The minimum atomic E-state index is -0.122. The molecule has 1 aromatic heterocycles. The summed E-state index contributed by atoms with van der Waals surface area (Å²) in [6, 6.07) is 11.5. The van der Waals surface area contributed by atoms with Crippen molar-refractivity contribution < 1.29 is 13.9 Å². The molecule has 0 spiro atoms. The maximum atomic E-state index is 6.05. The van der Waals surface area contributed by atoms with Crippen LogP contribution in [0.25, 0.3) is 0 Å². The average Bonchev–Trinajstić information content (AvgIpc) is 2.90. The Morgan fingerprint density at radius 1 is 1.25 bits per heavy atom. The van der Waals surface area contributed by atoms with E-state index in [9.17, 15) is 0 Å². The van der Waals surface area contributed by atoms with Gasteiger partial charge in [-0.1, -0.05) is 19.1 Å². The molecule has 20 heavy (non-hydrogen) atoms. The molecule has 4 nitrogen and oxygen atoms in total. The summed E-state index contributed by atoms with van der Waals surface area (Å²) >= 11 is 3.33. The summed E-state index contributed by atoms with van der Waals surface area (Å²) in [5, 5.41) is 3.39. The van der Waals surface area contributed by atoms with Gasteiger partial charge in [0.1, 0.15) is 18.4 Å². The predicted octanol–water partition coefficient (Wildman–Crippen LogP) is 3.53. The zero-order valence-electron chi connectivity index (χ0n) is 11.1. The number of hydrogen-bond donors (Lipinski definition) is 1. The fourth-order valence-electron chi connectivity index (χ4n) is 2.33. The Bertz CT molecular complexity index is 584. The van der Waals surface area contributed by atoms with Gasteiger partial charge in [0.15, 0.2) is 22.3 Å². The van der Waals surface area contributed by atoms with E-state index < -0.39 is 0 Å². The molecule has 2 unspecified atom stereocenters. The Labute approximate surface area is 126 Å². The van der Waals surface area contributed by atoms with Crippen molar-refractivity contribution in [3.05, 3.63) is 46.8 Å². The van der Waals surface area contributed by atoms with Crippen LogP contribution in [-0.2, 0) is 0 Å². The van der Waals surface area contributed by atoms with Gasteiger partial charge in [-0.15, -0.1) is 0 Å². The Kier molecular flexibility index (Phi) is 3.98. The third-order valence-electron chi connectivity index (χ3n) is 3.23. The summed E-state index contributed by atoms with van der Waals surface area (Å²) in [5.41, 5.74) is 0. The van der Waals surface area contributed by atoms with Crippen LogP contribution in [0.1, 0.15) is 18.7 Å². The molecule has 0 fully saturated rings. The molecule has 2 aromatic rings. The van der Waals surface area contributed by atoms with E-state index in [1.807, 2.05) is 36.4 Å². The second-order valence-electron chi connectivity index (χ2n) is 4.59. The highest BCUT2D eigenvalue weighted by Crippen LogP contribution is 2.35. The topological polar surface area (TPSA) is 43.6 Å². The van der Waals surface area contributed by atoms with Gasteiger partial charge in [-0.3, -0.25) is 0 Å². The lowest BCUT2D eigenvalue weighted by molar-refractivity contribution is 0.0557. The molecule has 106 valence electrons. The summed E-state index contributed by atoms with van der Waals surface area (Å²) in [4.78, 5) is 0. The SMILES string of the molecule is CCNC(c1ccc(Br)o1)C1COc2ccccc2O1. The van der Waals surface area contributed by atoms with E-state index in [1.54, 1.807) is 0 Å². The van der Waals surface area contributed by atoms with E-state index >= 15 is 0 Å². The fraction of sp³-hybridized carbons (Fsp3) is 0.333. The van der Waals surface area contributed by atoms with Gasteiger partial charge in [-0.2, -0.15) is 0 Å². The number of nitrogens with one attached hydrogen (secondary N) is 1. The van der Waals surface area contributed by atoms with Crippen LogP contribution in [0.15, 0.2) is 45.5 Å². The lowest BCUT2D eigenvalue weighted by Gasteiger charge is -2.31. The van der Waals surface area contributed by atoms with Crippen molar-refractivity contribution >= 4 is 15.9 Å². The molecule has 0 radical (unpaired) electrons. The standard InChI is InChI=1S/C15H16BrNO3/c1-2-17-15(12-7-8-14(16)20-12)13-9-18-10-5-3-4-6-11(10)19-13/h3-8,13,15,17H,2,9H2,1H3. The molecule has 3 rings (SSSR count). The van der Waals surface area contributed by atoms with E-state index in [4.69, 9.17) is 13.9 Å². The largest absolute Gasteiger partial charge is 0.486 e. The van der Waals surface area contributed by atoms with E-state index in [0.29, 0.717) is 11.3 Å². The number of halogens is 1. The van der Waals surface area contributed by atoms with Gasteiger partial charge in [-0.05, 0) is 46.7 Å². The highest BCUT2D eigenvalue weighted by atomic mass is 79.9. The molecule has 0 saturated heterocycles. The van der Waals surface area contributed by atoms with E-state index in [2.05, 4.69) is 28.2 Å². The quantitative estimate of drug-likeness (QED) is 0.926. The number of fused-ring (bicyclic) bond motifs is 1. The number of ether oxygens (including phenoxy) is 2. The number of rotatable bonds is 4. The van der Waals surface area contributed by atoms with Crippen LogP contribution >= 0.6 is 15.9 Å². The van der Waals surface area contributed by atoms with E-state index in [-0.39, 0.29) is 12.1 Å². The Balaban J connectivity index is 1.83. The average molecular weight is 338 g/mol. The molecule has 0 aliphatic carbocycles.